The maximum absolute atomic E-state index is 12.5. The molecule has 3 rings (SSSR count). The van der Waals surface area contributed by atoms with Gasteiger partial charge in [-0.25, -0.2) is 4.79 Å². The van der Waals surface area contributed by atoms with Gasteiger partial charge in [0.2, 0.25) is 5.91 Å². The first kappa shape index (κ1) is 19.8. The predicted octanol–water partition coefficient (Wildman–Crippen LogP) is 4.40. The quantitative estimate of drug-likeness (QED) is 0.572. The number of hydrogen-bond donors (Lipinski definition) is 1. The first-order valence-electron chi connectivity index (χ1n) is 9.07. The van der Waals surface area contributed by atoms with Crippen molar-refractivity contribution < 1.29 is 14.3 Å². The van der Waals surface area contributed by atoms with Gasteiger partial charge in [0, 0.05) is 35.0 Å². The number of nitrogens with one attached hydrogen (secondary N) is 1. The van der Waals surface area contributed by atoms with Crippen molar-refractivity contribution in [2.45, 2.75) is 39.8 Å². The monoisotopic (exact) mass is 404 g/mol. The molecule has 0 saturated carbocycles. The zero-order chi connectivity index (χ0) is 19.4. The molecule has 144 valence electrons. The van der Waals surface area contributed by atoms with E-state index in [9.17, 15) is 9.59 Å². The van der Waals surface area contributed by atoms with Gasteiger partial charge in [-0.15, -0.1) is 22.7 Å². The summed E-state index contributed by atoms with van der Waals surface area (Å²) in [6.45, 7) is 8.14. The van der Waals surface area contributed by atoms with Crippen molar-refractivity contribution in [3.63, 3.8) is 0 Å². The molecule has 0 atom stereocenters. The Balaban J connectivity index is 1.85. The van der Waals surface area contributed by atoms with Crippen molar-refractivity contribution in [1.82, 2.24) is 4.90 Å². The van der Waals surface area contributed by atoms with E-state index >= 15 is 0 Å². The summed E-state index contributed by atoms with van der Waals surface area (Å²) in [4.78, 5) is 29.4. The maximum Gasteiger partial charge on any atom is 0.341 e. The number of rotatable bonds is 6. The maximum atomic E-state index is 12.5. The van der Waals surface area contributed by atoms with Gasteiger partial charge >= 0.3 is 5.97 Å². The molecule has 0 bridgehead atoms. The highest BCUT2D eigenvalue weighted by Crippen LogP contribution is 2.38. The van der Waals surface area contributed by atoms with Gasteiger partial charge in [-0.1, -0.05) is 6.07 Å². The Kier molecular flexibility index (Phi) is 6.46. The summed E-state index contributed by atoms with van der Waals surface area (Å²) in [5, 5.41) is 5.44. The summed E-state index contributed by atoms with van der Waals surface area (Å²) >= 11 is 3.05. The molecule has 1 amide bonds. The number of nitrogens with zero attached hydrogens (tertiary/aromatic N) is 1. The van der Waals surface area contributed by atoms with Gasteiger partial charge in [0.1, 0.15) is 5.00 Å². The fourth-order valence-corrected chi connectivity index (χ4v) is 4.95. The van der Waals surface area contributed by atoms with Crippen molar-refractivity contribution in [2.24, 2.45) is 0 Å². The minimum Gasteiger partial charge on any atom is -0.462 e. The number of hydrogen-bond acceptors (Lipinski definition) is 6. The smallest absolute Gasteiger partial charge is 0.341 e. The third-order valence-electron chi connectivity index (χ3n) is 4.48. The van der Waals surface area contributed by atoms with Crippen LogP contribution in [0, 0.1) is 0 Å². The van der Waals surface area contributed by atoms with Crippen LogP contribution < -0.4 is 5.32 Å². The summed E-state index contributed by atoms with van der Waals surface area (Å²) in [5.41, 5.74) is 1.55. The number of carbonyl (C=O) groups excluding carboxylic acids is 2. The molecule has 0 saturated heterocycles. The SMILES string of the molecule is CCOC(=O)c1c(NC(=O)/C=C/c2cccs2)sc2c1CCN(C(C)C)C2. The molecule has 0 aliphatic carbocycles. The Morgan fingerprint density at radius 1 is 1.41 bits per heavy atom. The van der Waals surface area contributed by atoms with Crippen LogP contribution in [0.5, 0.6) is 0 Å². The van der Waals surface area contributed by atoms with Gasteiger partial charge < -0.3 is 10.1 Å². The highest BCUT2D eigenvalue weighted by molar-refractivity contribution is 7.17. The standard InChI is InChI=1S/C20H24N2O3S2/c1-4-25-20(24)18-15-9-10-22(13(2)3)12-16(15)27-19(18)21-17(23)8-7-14-6-5-11-26-14/h5-8,11,13H,4,9-10,12H2,1-3H3,(H,21,23)/b8-7+. The zero-order valence-electron chi connectivity index (χ0n) is 15.8. The van der Waals surface area contributed by atoms with Crippen LogP contribution in [0.2, 0.25) is 0 Å². The lowest BCUT2D eigenvalue weighted by atomic mass is 10.0. The lowest BCUT2D eigenvalue weighted by Gasteiger charge is -2.30. The van der Waals surface area contributed by atoms with E-state index in [4.69, 9.17) is 4.74 Å². The van der Waals surface area contributed by atoms with Gasteiger partial charge in [0.25, 0.3) is 0 Å². The molecule has 0 spiro atoms. The Morgan fingerprint density at radius 3 is 2.89 bits per heavy atom. The molecule has 1 aliphatic rings. The van der Waals surface area contributed by atoms with E-state index in [-0.39, 0.29) is 11.9 Å². The van der Waals surface area contributed by atoms with Gasteiger partial charge in [0.05, 0.1) is 12.2 Å². The average molecular weight is 405 g/mol. The second kappa shape index (κ2) is 8.82. The molecule has 0 aromatic carbocycles. The van der Waals surface area contributed by atoms with Crippen molar-refractivity contribution in [3.8, 4) is 0 Å². The Morgan fingerprint density at radius 2 is 2.22 bits per heavy atom. The number of anilines is 1. The van der Waals surface area contributed by atoms with Crippen molar-refractivity contribution in [2.75, 3.05) is 18.5 Å². The van der Waals surface area contributed by atoms with Crippen LogP contribution >= 0.6 is 22.7 Å². The number of amides is 1. The van der Waals surface area contributed by atoms with Crippen LogP contribution in [-0.2, 0) is 22.5 Å². The second-order valence-electron chi connectivity index (χ2n) is 6.58. The predicted molar refractivity (Wildman–Crippen MR) is 112 cm³/mol. The lowest BCUT2D eigenvalue weighted by Crippen LogP contribution is -2.35. The Bertz CT molecular complexity index is 838. The molecule has 3 heterocycles. The third-order valence-corrected chi connectivity index (χ3v) is 6.44. The fraction of sp³-hybridized carbons (Fsp3) is 0.400. The number of fused-ring (bicyclic) bond motifs is 1. The minimum atomic E-state index is -0.356. The van der Waals surface area contributed by atoms with Gasteiger partial charge in [0.15, 0.2) is 0 Å². The molecule has 2 aromatic heterocycles. The highest BCUT2D eigenvalue weighted by Gasteiger charge is 2.29. The molecule has 1 aliphatic heterocycles. The number of ether oxygens (including phenoxy) is 1. The van der Waals surface area contributed by atoms with Gasteiger partial charge in [-0.2, -0.15) is 0 Å². The first-order chi connectivity index (χ1) is 13.0. The average Bonchev–Trinajstić information content (AvgIpc) is 3.26. The summed E-state index contributed by atoms with van der Waals surface area (Å²) in [6, 6.07) is 4.33. The van der Waals surface area contributed by atoms with E-state index in [1.807, 2.05) is 17.5 Å². The van der Waals surface area contributed by atoms with Crippen molar-refractivity contribution in [1.29, 1.82) is 0 Å². The zero-order valence-corrected chi connectivity index (χ0v) is 17.4. The van der Waals surface area contributed by atoms with Crippen LogP contribution in [0.25, 0.3) is 6.08 Å². The van der Waals surface area contributed by atoms with E-state index in [0.717, 1.165) is 34.8 Å². The van der Waals surface area contributed by atoms with Crippen molar-refractivity contribution >= 4 is 45.6 Å². The molecule has 5 nitrogen and oxygen atoms in total. The van der Waals surface area contributed by atoms with Crippen LogP contribution in [0.15, 0.2) is 23.6 Å². The fourth-order valence-electron chi connectivity index (χ4n) is 3.07. The van der Waals surface area contributed by atoms with Crippen molar-refractivity contribution in [3.05, 3.63) is 44.5 Å². The van der Waals surface area contributed by atoms with E-state index in [1.165, 1.54) is 17.4 Å². The molecule has 1 N–H and O–H groups in total. The largest absolute Gasteiger partial charge is 0.462 e. The van der Waals surface area contributed by atoms with E-state index in [0.29, 0.717) is 23.2 Å². The summed E-state index contributed by atoms with van der Waals surface area (Å²) in [7, 11) is 0. The Labute approximate surface area is 167 Å². The molecule has 0 fully saturated rings. The van der Waals surface area contributed by atoms with Crippen LogP contribution in [0.4, 0.5) is 5.00 Å². The van der Waals surface area contributed by atoms with Gasteiger partial charge in [-0.3, -0.25) is 9.69 Å². The molecular weight excluding hydrogens is 380 g/mol. The van der Waals surface area contributed by atoms with E-state index in [1.54, 1.807) is 24.3 Å². The normalized spacial score (nSPS) is 14.5. The van der Waals surface area contributed by atoms with Crippen LogP contribution in [0.3, 0.4) is 0 Å². The first-order valence-corrected chi connectivity index (χ1v) is 10.8. The lowest BCUT2D eigenvalue weighted by molar-refractivity contribution is -0.111. The Hall–Kier alpha value is -1.96. The summed E-state index contributed by atoms with van der Waals surface area (Å²) < 4.78 is 5.25. The number of esters is 1. The number of thiophene rings is 2. The van der Waals surface area contributed by atoms with E-state index in [2.05, 4.69) is 24.1 Å². The van der Waals surface area contributed by atoms with Crippen LogP contribution in [0.1, 0.15) is 46.4 Å². The molecule has 0 radical (unpaired) electrons. The van der Waals surface area contributed by atoms with E-state index < -0.39 is 0 Å². The summed E-state index contributed by atoms with van der Waals surface area (Å²) in [5.74, 6) is -0.598. The topological polar surface area (TPSA) is 58.6 Å². The molecule has 0 unspecified atom stereocenters. The third kappa shape index (κ3) is 4.66. The number of carbonyl (C=O) groups is 2. The van der Waals surface area contributed by atoms with Crippen LogP contribution in [-0.4, -0.2) is 36.0 Å². The molecule has 27 heavy (non-hydrogen) atoms. The van der Waals surface area contributed by atoms with Gasteiger partial charge in [-0.05, 0) is 50.3 Å². The molecular formula is C20H24N2O3S2. The highest BCUT2D eigenvalue weighted by atomic mass is 32.1. The molecule has 2 aromatic rings. The molecule has 7 heteroatoms. The summed E-state index contributed by atoms with van der Waals surface area (Å²) in [6.07, 6.45) is 4.07. The second-order valence-corrected chi connectivity index (χ2v) is 8.67. The minimum absolute atomic E-state index is 0.242.